The van der Waals surface area contributed by atoms with E-state index in [0.29, 0.717) is 18.0 Å². The van der Waals surface area contributed by atoms with Gasteiger partial charge >= 0.3 is 0 Å². The van der Waals surface area contributed by atoms with Gasteiger partial charge in [0.05, 0.1) is 17.1 Å². The van der Waals surface area contributed by atoms with E-state index in [1.807, 2.05) is 30.2 Å². The van der Waals surface area contributed by atoms with Crippen LogP contribution in [0.1, 0.15) is 23.5 Å². The quantitative estimate of drug-likeness (QED) is 0.829. The van der Waals surface area contributed by atoms with Crippen molar-refractivity contribution in [2.45, 2.75) is 36.0 Å². The lowest BCUT2D eigenvalue weighted by Gasteiger charge is -2.42. The van der Waals surface area contributed by atoms with Crippen molar-refractivity contribution in [2.24, 2.45) is 0 Å². The summed E-state index contributed by atoms with van der Waals surface area (Å²) >= 11 is 19.6. The van der Waals surface area contributed by atoms with Gasteiger partial charge in [-0.1, -0.05) is 40.9 Å². The summed E-state index contributed by atoms with van der Waals surface area (Å²) in [6.45, 7) is 5.10. The maximum absolute atomic E-state index is 12.2. The van der Waals surface area contributed by atoms with Gasteiger partial charge in [-0.15, -0.1) is 11.3 Å². The highest BCUT2D eigenvalue weighted by Crippen LogP contribution is 2.33. The molecule has 8 heteroatoms. The Labute approximate surface area is 143 Å². The van der Waals surface area contributed by atoms with Crippen LogP contribution in [0.4, 0.5) is 0 Å². The van der Waals surface area contributed by atoms with E-state index in [4.69, 9.17) is 39.5 Å². The summed E-state index contributed by atoms with van der Waals surface area (Å²) in [6.07, 6.45) is -0.671. The molecule has 0 radical (unpaired) electrons. The van der Waals surface area contributed by atoms with Gasteiger partial charge in [0.2, 0.25) is 3.79 Å². The van der Waals surface area contributed by atoms with E-state index in [0.717, 1.165) is 0 Å². The minimum Gasteiger partial charge on any atom is -0.373 e. The number of alkyl halides is 3. The minimum atomic E-state index is -1.62. The standard InChI is InChI=1S/C13H17Cl3N2O2S/c1-8-6-18(7-9(2)20-8)12(13(14,15)16)17-11(19)10-4-3-5-21-10/h3-5,8-9,12H,6-7H2,1-2H3,(H,17,19)/t8-,9-,12+/m1/s1. The fourth-order valence-corrected chi connectivity index (χ4v) is 3.62. The smallest absolute Gasteiger partial charge is 0.262 e. The molecule has 118 valence electrons. The average Bonchev–Trinajstić information content (AvgIpc) is 2.86. The minimum absolute atomic E-state index is 0.0160. The lowest BCUT2D eigenvalue weighted by atomic mass is 10.2. The van der Waals surface area contributed by atoms with Gasteiger partial charge in [-0.2, -0.15) is 0 Å². The van der Waals surface area contributed by atoms with Crippen LogP contribution in [0, 0.1) is 0 Å². The number of thiophene rings is 1. The van der Waals surface area contributed by atoms with Gasteiger partial charge in [0.25, 0.3) is 5.91 Å². The molecule has 0 spiro atoms. The van der Waals surface area contributed by atoms with Crippen molar-refractivity contribution in [2.75, 3.05) is 13.1 Å². The zero-order valence-electron chi connectivity index (χ0n) is 11.7. The topological polar surface area (TPSA) is 41.6 Å². The average molecular weight is 372 g/mol. The number of nitrogens with one attached hydrogen (secondary N) is 1. The van der Waals surface area contributed by atoms with Gasteiger partial charge in [0, 0.05) is 13.1 Å². The molecule has 1 aliphatic heterocycles. The maximum Gasteiger partial charge on any atom is 0.262 e. The number of hydrogen-bond acceptors (Lipinski definition) is 4. The molecular formula is C13H17Cl3N2O2S. The number of carbonyl (C=O) groups is 1. The molecule has 4 nitrogen and oxygen atoms in total. The van der Waals surface area contributed by atoms with Crippen molar-refractivity contribution in [1.29, 1.82) is 0 Å². The first-order chi connectivity index (χ1) is 9.77. The lowest BCUT2D eigenvalue weighted by molar-refractivity contribution is -0.0826. The van der Waals surface area contributed by atoms with E-state index in [1.54, 1.807) is 6.07 Å². The molecule has 2 heterocycles. The highest BCUT2D eigenvalue weighted by Gasteiger charge is 2.41. The van der Waals surface area contributed by atoms with E-state index < -0.39 is 9.96 Å². The second-order valence-electron chi connectivity index (χ2n) is 5.11. The number of hydrogen-bond donors (Lipinski definition) is 1. The number of morpholine rings is 1. The molecule has 0 saturated carbocycles. The third kappa shape index (κ3) is 4.71. The Hall–Kier alpha value is -0.0400. The number of nitrogens with zero attached hydrogens (tertiary/aromatic N) is 1. The molecular weight excluding hydrogens is 355 g/mol. The summed E-state index contributed by atoms with van der Waals surface area (Å²) in [5, 5.41) is 4.65. The SMILES string of the molecule is C[C@@H]1CN([C@H](NC(=O)c2cccs2)C(Cl)(Cl)Cl)C[C@@H](C)O1. The monoisotopic (exact) mass is 370 g/mol. The molecule has 1 fully saturated rings. The Bertz CT molecular complexity index is 468. The molecule has 21 heavy (non-hydrogen) atoms. The highest BCUT2D eigenvalue weighted by atomic mass is 35.6. The van der Waals surface area contributed by atoms with Crippen LogP contribution in [0.2, 0.25) is 0 Å². The molecule has 0 unspecified atom stereocenters. The maximum atomic E-state index is 12.2. The van der Waals surface area contributed by atoms with E-state index in [2.05, 4.69) is 5.32 Å². The summed E-state index contributed by atoms with van der Waals surface area (Å²) < 4.78 is 4.05. The van der Waals surface area contributed by atoms with E-state index in [-0.39, 0.29) is 18.1 Å². The zero-order valence-corrected chi connectivity index (χ0v) is 14.8. The fraction of sp³-hybridized carbons (Fsp3) is 0.615. The predicted octanol–water partition coefficient (Wildman–Crippen LogP) is 3.28. The van der Waals surface area contributed by atoms with E-state index in [9.17, 15) is 4.79 Å². The van der Waals surface area contributed by atoms with Gasteiger partial charge in [-0.3, -0.25) is 9.69 Å². The van der Waals surface area contributed by atoms with Crippen LogP contribution < -0.4 is 5.32 Å². The molecule has 0 aromatic carbocycles. The van der Waals surface area contributed by atoms with Gasteiger partial charge in [0.1, 0.15) is 6.17 Å². The summed E-state index contributed by atoms with van der Waals surface area (Å²) in [5.74, 6) is -0.242. The van der Waals surface area contributed by atoms with Crippen LogP contribution in [-0.2, 0) is 4.74 Å². The molecule has 3 atom stereocenters. The second kappa shape index (κ2) is 7.02. The first-order valence-electron chi connectivity index (χ1n) is 6.58. The van der Waals surface area contributed by atoms with Crippen molar-refractivity contribution >= 4 is 52.0 Å². The molecule has 1 aromatic rings. The number of rotatable bonds is 3. The molecule has 1 aromatic heterocycles. The summed E-state index contributed by atoms with van der Waals surface area (Å²) in [6, 6.07) is 3.54. The Kier molecular flexibility index (Phi) is 5.79. The highest BCUT2D eigenvalue weighted by molar-refractivity contribution is 7.12. The van der Waals surface area contributed by atoms with Crippen molar-refractivity contribution in [3.05, 3.63) is 22.4 Å². The fourth-order valence-electron chi connectivity index (χ4n) is 2.41. The van der Waals surface area contributed by atoms with Crippen LogP contribution in [-0.4, -0.2) is 46.1 Å². The number of halogens is 3. The molecule has 2 rings (SSSR count). The molecule has 1 N–H and O–H groups in total. The van der Waals surface area contributed by atoms with Gasteiger partial charge < -0.3 is 10.1 Å². The van der Waals surface area contributed by atoms with Gasteiger partial charge in [0.15, 0.2) is 0 Å². The van der Waals surface area contributed by atoms with Crippen molar-refractivity contribution in [1.82, 2.24) is 10.2 Å². The molecule has 1 saturated heterocycles. The zero-order chi connectivity index (χ0) is 15.6. The van der Waals surface area contributed by atoms with E-state index >= 15 is 0 Å². The van der Waals surface area contributed by atoms with Crippen LogP contribution in [0.5, 0.6) is 0 Å². The van der Waals surface area contributed by atoms with Crippen molar-refractivity contribution in [3.8, 4) is 0 Å². The van der Waals surface area contributed by atoms with Gasteiger partial charge in [-0.05, 0) is 25.3 Å². The third-order valence-electron chi connectivity index (χ3n) is 3.14. The first-order valence-corrected chi connectivity index (χ1v) is 8.59. The van der Waals surface area contributed by atoms with Crippen LogP contribution in [0.3, 0.4) is 0 Å². The molecule has 1 amide bonds. The molecule has 0 aliphatic carbocycles. The predicted molar refractivity (Wildman–Crippen MR) is 87.4 cm³/mol. The third-order valence-corrected chi connectivity index (χ3v) is 4.62. The van der Waals surface area contributed by atoms with Gasteiger partial charge in [-0.25, -0.2) is 0 Å². The first kappa shape index (κ1) is 17.3. The normalized spacial score (nSPS) is 25.6. The summed E-state index contributed by atoms with van der Waals surface area (Å²) in [5.41, 5.74) is 0. The van der Waals surface area contributed by atoms with Crippen molar-refractivity contribution in [3.63, 3.8) is 0 Å². The Morgan fingerprint density at radius 2 is 2.05 bits per heavy atom. The summed E-state index contributed by atoms with van der Waals surface area (Å²) in [7, 11) is 0. The lowest BCUT2D eigenvalue weighted by Crippen LogP contribution is -2.60. The number of amides is 1. The van der Waals surface area contributed by atoms with E-state index in [1.165, 1.54) is 11.3 Å². The second-order valence-corrected chi connectivity index (χ2v) is 8.42. The Morgan fingerprint density at radius 3 is 2.52 bits per heavy atom. The Morgan fingerprint density at radius 1 is 1.43 bits per heavy atom. The number of carbonyl (C=O) groups excluding carboxylic acids is 1. The van der Waals surface area contributed by atoms with Crippen LogP contribution >= 0.6 is 46.1 Å². The summed E-state index contributed by atoms with van der Waals surface area (Å²) in [4.78, 5) is 14.8. The Balaban J connectivity index is 2.13. The number of ether oxygens (including phenoxy) is 1. The van der Waals surface area contributed by atoms with Crippen LogP contribution in [0.15, 0.2) is 17.5 Å². The molecule has 0 bridgehead atoms. The van der Waals surface area contributed by atoms with Crippen LogP contribution in [0.25, 0.3) is 0 Å². The molecule has 1 aliphatic rings. The van der Waals surface area contributed by atoms with Crippen molar-refractivity contribution < 1.29 is 9.53 Å². The largest absolute Gasteiger partial charge is 0.373 e.